The molecule has 1 aliphatic rings. The number of allylic oxidation sites excluding steroid dienone is 14. The Labute approximate surface area is 339 Å². The Bertz CT molecular complexity index is 1320. The van der Waals surface area contributed by atoms with Gasteiger partial charge in [-0.05, 0) is 83.5 Å². The van der Waals surface area contributed by atoms with Crippen LogP contribution in [-0.4, -0.2) is 98.3 Å². The van der Waals surface area contributed by atoms with Crippen molar-refractivity contribution in [1.82, 2.24) is 0 Å². The molecule has 1 saturated carbocycles. The molecule has 6 N–H and O–H groups in total. The van der Waals surface area contributed by atoms with Crippen LogP contribution in [-0.2, 0) is 32.7 Å². The minimum absolute atomic E-state index is 0.0326. The Kier molecular flexibility index (Phi) is 30.1. The van der Waals surface area contributed by atoms with Crippen molar-refractivity contribution in [3.8, 4) is 0 Å². The summed E-state index contributed by atoms with van der Waals surface area (Å²) in [6.07, 6.45) is 28.0. The molecule has 0 bridgehead atoms. The number of aliphatic hydroxyl groups is 5. The van der Waals surface area contributed by atoms with Crippen molar-refractivity contribution >= 4 is 19.8 Å². The SMILES string of the molecule is CC/C=C\C/C=C\C/C=C\C/C=C\CCCCC(=O)OC(COC(=O)CCCCC/C=C\C/C=C\C/C=C\CC)COP(=O)(O)OC1C(O)C(O)C(O)C(O)C1O. The fourth-order valence-electron chi connectivity index (χ4n) is 5.47. The first-order valence-corrected chi connectivity index (χ1v) is 21.9. The third-order valence-electron chi connectivity index (χ3n) is 8.73. The summed E-state index contributed by atoms with van der Waals surface area (Å²) in [4.78, 5) is 35.5. The van der Waals surface area contributed by atoms with Crippen molar-refractivity contribution in [2.75, 3.05) is 13.2 Å². The first-order chi connectivity index (χ1) is 27.4. The van der Waals surface area contributed by atoms with Gasteiger partial charge in [-0.1, -0.05) is 105 Å². The summed E-state index contributed by atoms with van der Waals surface area (Å²) >= 11 is 0. The average Bonchev–Trinajstić information content (AvgIpc) is 3.19. The van der Waals surface area contributed by atoms with Gasteiger partial charge in [0.05, 0.1) is 6.61 Å². The summed E-state index contributed by atoms with van der Waals surface area (Å²) in [6, 6.07) is 0. The van der Waals surface area contributed by atoms with Crippen LogP contribution < -0.4 is 0 Å². The van der Waals surface area contributed by atoms with Gasteiger partial charge in [-0.25, -0.2) is 4.57 Å². The van der Waals surface area contributed by atoms with Gasteiger partial charge in [0.15, 0.2) is 6.10 Å². The van der Waals surface area contributed by atoms with Crippen LogP contribution in [0.1, 0.15) is 117 Å². The number of hydrogen-bond donors (Lipinski definition) is 6. The molecule has 0 aliphatic heterocycles. The van der Waals surface area contributed by atoms with Crippen molar-refractivity contribution in [3.05, 3.63) is 85.1 Å². The van der Waals surface area contributed by atoms with Crippen LogP contribution in [0.3, 0.4) is 0 Å². The summed E-state index contributed by atoms with van der Waals surface area (Å²) in [5.41, 5.74) is 0. The number of phosphoric acid groups is 1. The van der Waals surface area contributed by atoms with Gasteiger partial charge >= 0.3 is 19.8 Å². The van der Waals surface area contributed by atoms with E-state index in [0.29, 0.717) is 19.3 Å². The van der Waals surface area contributed by atoms with Gasteiger partial charge in [-0.2, -0.15) is 0 Å². The van der Waals surface area contributed by atoms with Crippen LogP contribution in [0, 0.1) is 0 Å². The summed E-state index contributed by atoms with van der Waals surface area (Å²) in [5.74, 6) is -1.20. The van der Waals surface area contributed by atoms with Crippen molar-refractivity contribution in [2.24, 2.45) is 0 Å². The van der Waals surface area contributed by atoms with Crippen molar-refractivity contribution in [2.45, 2.75) is 159 Å². The van der Waals surface area contributed by atoms with Gasteiger partial charge in [0.2, 0.25) is 0 Å². The maximum Gasteiger partial charge on any atom is 0.472 e. The summed E-state index contributed by atoms with van der Waals surface area (Å²) in [5, 5.41) is 50.0. The summed E-state index contributed by atoms with van der Waals surface area (Å²) in [6.45, 7) is 2.97. The third-order valence-corrected chi connectivity index (χ3v) is 9.72. The summed E-state index contributed by atoms with van der Waals surface area (Å²) in [7, 11) is -5.14. The number of carbonyl (C=O) groups excluding carboxylic acids is 2. The van der Waals surface area contributed by atoms with Crippen LogP contribution in [0.2, 0.25) is 0 Å². The molecule has 1 aliphatic carbocycles. The van der Waals surface area contributed by atoms with Crippen LogP contribution in [0.4, 0.5) is 0 Å². The maximum absolute atomic E-state index is 12.8. The van der Waals surface area contributed by atoms with E-state index in [1.54, 1.807) is 0 Å². The molecule has 0 heterocycles. The molecule has 6 atom stereocenters. The Balaban J connectivity index is 2.58. The predicted molar refractivity (Wildman–Crippen MR) is 221 cm³/mol. The largest absolute Gasteiger partial charge is 0.472 e. The highest BCUT2D eigenvalue weighted by Gasteiger charge is 2.51. The average molecular weight is 825 g/mol. The normalized spacial score (nSPS) is 23.6. The van der Waals surface area contributed by atoms with E-state index >= 15 is 0 Å². The number of esters is 2. The summed E-state index contributed by atoms with van der Waals surface area (Å²) < 4.78 is 33.3. The van der Waals surface area contributed by atoms with E-state index < -0.39 is 75.7 Å². The molecule has 0 amide bonds. The van der Waals surface area contributed by atoms with Gasteiger partial charge in [0, 0.05) is 12.8 Å². The lowest BCUT2D eigenvalue weighted by Crippen LogP contribution is -2.64. The second-order valence-electron chi connectivity index (χ2n) is 13.7. The molecule has 1 fully saturated rings. The standard InChI is InChI=1S/C43H69O13P/c1-3-5-7-9-11-13-15-17-18-20-22-24-26-28-30-32-37(45)55-35(34-54-57(51,52)56-43-41(49)39(47)38(46)40(48)42(43)50)33-53-36(44)31-29-27-25-23-21-19-16-14-12-10-8-6-4-2/h5-8,11-14,17-19,21-22,24,35,38-43,46-50H,3-4,9-10,15-16,20,23,25-34H2,1-2H3,(H,51,52)/b7-5-,8-6-,13-11-,14-12-,18-17-,21-19-,24-22-. The minimum Gasteiger partial charge on any atom is -0.462 e. The highest BCUT2D eigenvalue weighted by atomic mass is 31.2. The van der Waals surface area contributed by atoms with E-state index in [4.69, 9.17) is 18.5 Å². The van der Waals surface area contributed by atoms with E-state index in [2.05, 4.69) is 92.8 Å². The number of hydrogen-bond acceptors (Lipinski definition) is 12. The van der Waals surface area contributed by atoms with Crippen molar-refractivity contribution < 1.29 is 63.1 Å². The third kappa shape index (κ3) is 25.9. The molecular formula is C43H69O13P. The zero-order chi connectivity index (χ0) is 42.2. The van der Waals surface area contributed by atoms with Crippen molar-refractivity contribution in [1.29, 1.82) is 0 Å². The molecule has 0 spiro atoms. The molecule has 0 aromatic heterocycles. The molecule has 13 nitrogen and oxygen atoms in total. The van der Waals surface area contributed by atoms with Gasteiger partial charge in [0.25, 0.3) is 0 Å². The van der Waals surface area contributed by atoms with E-state index in [0.717, 1.165) is 70.6 Å². The quantitative estimate of drug-likeness (QED) is 0.0182. The molecule has 1 rings (SSSR count). The van der Waals surface area contributed by atoms with Crippen LogP contribution >= 0.6 is 7.82 Å². The molecule has 0 aromatic rings. The smallest absolute Gasteiger partial charge is 0.462 e. The van der Waals surface area contributed by atoms with E-state index in [1.807, 2.05) is 6.08 Å². The van der Waals surface area contributed by atoms with E-state index in [1.165, 1.54) is 0 Å². The molecule has 0 saturated heterocycles. The van der Waals surface area contributed by atoms with Gasteiger partial charge in [-0.3, -0.25) is 18.6 Å². The number of rotatable bonds is 31. The molecule has 324 valence electrons. The molecule has 14 heteroatoms. The Morgan fingerprint density at radius 2 is 0.947 bits per heavy atom. The first kappa shape index (κ1) is 52.0. The monoisotopic (exact) mass is 824 g/mol. The number of aliphatic hydroxyl groups excluding tert-OH is 5. The van der Waals surface area contributed by atoms with Crippen LogP contribution in [0.5, 0.6) is 0 Å². The van der Waals surface area contributed by atoms with E-state index in [-0.39, 0.29) is 12.8 Å². The van der Waals surface area contributed by atoms with Gasteiger partial charge < -0.3 is 39.9 Å². The Morgan fingerprint density at radius 1 is 0.544 bits per heavy atom. The van der Waals surface area contributed by atoms with Crippen LogP contribution in [0.15, 0.2) is 85.1 Å². The number of ether oxygens (including phenoxy) is 2. The fraction of sp³-hybridized carbons (Fsp3) is 0.628. The maximum atomic E-state index is 12.8. The van der Waals surface area contributed by atoms with Gasteiger partial charge in [-0.15, -0.1) is 0 Å². The lowest BCUT2D eigenvalue weighted by atomic mass is 9.85. The molecule has 6 unspecified atom stereocenters. The zero-order valence-corrected chi connectivity index (χ0v) is 34.7. The molecule has 0 radical (unpaired) electrons. The molecule has 0 aromatic carbocycles. The molecule has 57 heavy (non-hydrogen) atoms. The number of unbranched alkanes of at least 4 members (excludes halogenated alkanes) is 5. The second kappa shape index (κ2) is 32.9. The molecular weight excluding hydrogens is 755 g/mol. The lowest BCUT2D eigenvalue weighted by Gasteiger charge is -2.41. The first-order valence-electron chi connectivity index (χ1n) is 20.4. The zero-order valence-electron chi connectivity index (χ0n) is 33.8. The Morgan fingerprint density at radius 3 is 1.44 bits per heavy atom. The lowest BCUT2D eigenvalue weighted by molar-refractivity contribution is -0.220. The predicted octanol–water partition coefficient (Wildman–Crippen LogP) is 6.94. The minimum atomic E-state index is -5.14. The number of carbonyl (C=O) groups is 2. The second-order valence-corrected chi connectivity index (χ2v) is 15.1. The van der Waals surface area contributed by atoms with E-state index in [9.17, 15) is 44.6 Å². The fourth-order valence-corrected chi connectivity index (χ4v) is 6.44. The van der Waals surface area contributed by atoms with Gasteiger partial charge in [0.1, 0.15) is 43.2 Å². The Hall–Kier alpha value is -2.97. The van der Waals surface area contributed by atoms with Crippen molar-refractivity contribution in [3.63, 3.8) is 0 Å². The highest BCUT2D eigenvalue weighted by Crippen LogP contribution is 2.47. The number of phosphoric ester groups is 1. The highest BCUT2D eigenvalue weighted by molar-refractivity contribution is 7.47. The van der Waals surface area contributed by atoms with Crippen LogP contribution in [0.25, 0.3) is 0 Å². The topological polar surface area (TPSA) is 210 Å².